The highest BCUT2D eigenvalue weighted by molar-refractivity contribution is 14.0. The molecular formula is C17H27F3IN5OS. The maximum atomic E-state index is 12.5. The molecule has 0 aliphatic carbocycles. The van der Waals surface area contributed by atoms with Gasteiger partial charge in [0.05, 0.1) is 11.4 Å². The van der Waals surface area contributed by atoms with Gasteiger partial charge in [0.15, 0.2) is 5.96 Å². The SMILES string of the molecule is CCNC(=NCCCNC(=O)c1cccs1)NC1CCN(CC(F)(F)F)C1.I. The smallest absolute Gasteiger partial charge is 0.357 e. The van der Waals surface area contributed by atoms with Crippen LogP contribution in [0.15, 0.2) is 22.5 Å². The minimum absolute atomic E-state index is 0. The molecule has 1 aliphatic rings. The molecule has 1 aromatic rings. The molecular weight excluding hydrogens is 506 g/mol. The summed E-state index contributed by atoms with van der Waals surface area (Å²) in [4.78, 5) is 18.3. The predicted octanol–water partition coefficient (Wildman–Crippen LogP) is 2.68. The number of guanidine groups is 1. The molecule has 1 atom stereocenters. The van der Waals surface area contributed by atoms with Gasteiger partial charge >= 0.3 is 6.18 Å². The molecule has 0 saturated carbocycles. The van der Waals surface area contributed by atoms with E-state index in [1.165, 1.54) is 16.2 Å². The summed E-state index contributed by atoms with van der Waals surface area (Å²) in [6.07, 6.45) is -2.84. The highest BCUT2D eigenvalue weighted by Crippen LogP contribution is 2.19. The third kappa shape index (κ3) is 9.41. The fourth-order valence-electron chi connectivity index (χ4n) is 2.83. The molecule has 1 saturated heterocycles. The van der Waals surface area contributed by atoms with Crippen molar-refractivity contribution in [2.45, 2.75) is 32.0 Å². The zero-order valence-electron chi connectivity index (χ0n) is 15.7. The number of nitrogens with one attached hydrogen (secondary N) is 3. The topological polar surface area (TPSA) is 68.8 Å². The number of halogens is 4. The summed E-state index contributed by atoms with van der Waals surface area (Å²) in [5.41, 5.74) is 0. The largest absolute Gasteiger partial charge is 0.401 e. The number of alkyl halides is 3. The molecule has 6 nitrogen and oxygen atoms in total. The molecule has 160 valence electrons. The van der Waals surface area contributed by atoms with Crippen LogP contribution in [0.25, 0.3) is 0 Å². The van der Waals surface area contributed by atoms with Gasteiger partial charge in [-0.15, -0.1) is 35.3 Å². The van der Waals surface area contributed by atoms with Crippen molar-refractivity contribution in [3.05, 3.63) is 22.4 Å². The van der Waals surface area contributed by atoms with Crippen LogP contribution in [0.2, 0.25) is 0 Å². The minimum Gasteiger partial charge on any atom is -0.357 e. The standard InChI is InChI=1S/C17H26F3N5OS.HI/c1-2-21-16(24-13-6-9-25(11-13)12-17(18,19)20)23-8-4-7-22-15(26)14-5-3-10-27-14;/h3,5,10,13H,2,4,6-9,11-12H2,1H3,(H,22,26)(H2,21,23,24);1H. The first kappa shape index (κ1) is 25.0. The number of hydrogen-bond acceptors (Lipinski definition) is 4. The van der Waals surface area contributed by atoms with Crippen LogP contribution in [-0.2, 0) is 0 Å². The van der Waals surface area contributed by atoms with E-state index >= 15 is 0 Å². The van der Waals surface area contributed by atoms with Crippen LogP contribution >= 0.6 is 35.3 Å². The van der Waals surface area contributed by atoms with Crippen molar-refractivity contribution in [3.8, 4) is 0 Å². The summed E-state index contributed by atoms with van der Waals surface area (Å²) in [5, 5.41) is 11.0. The van der Waals surface area contributed by atoms with Gasteiger partial charge in [-0.2, -0.15) is 13.2 Å². The Hall–Kier alpha value is -1.08. The van der Waals surface area contributed by atoms with Crippen LogP contribution in [0.4, 0.5) is 13.2 Å². The number of likely N-dealkylation sites (tertiary alicyclic amines) is 1. The second kappa shape index (κ2) is 12.5. The van der Waals surface area contributed by atoms with Crippen LogP contribution in [0, 0.1) is 0 Å². The molecule has 2 rings (SSSR count). The molecule has 1 aromatic heterocycles. The Morgan fingerprint density at radius 2 is 2.18 bits per heavy atom. The lowest BCUT2D eigenvalue weighted by molar-refractivity contribution is -0.143. The number of rotatable bonds is 8. The van der Waals surface area contributed by atoms with Crippen LogP contribution in [0.3, 0.4) is 0 Å². The Kier molecular flexibility index (Phi) is 11.1. The summed E-state index contributed by atoms with van der Waals surface area (Å²) in [6, 6.07) is 3.55. The first-order chi connectivity index (χ1) is 12.9. The number of hydrogen-bond donors (Lipinski definition) is 3. The van der Waals surface area contributed by atoms with Crippen molar-refractivity contribution in [1.29, 1.82) is 0 Å². The van der Waals surface area contributed by atoms with E-state index in [0.717, 1.165) is 0 Å². The summed E-state index contributed by atoms with van der Waals surface area (Å²) in [7, 11) is 0. The Morgan fingerprint density at radius 3 is 2.82 bits per heavy atom. The molecule has 0 bridgehead atoms. The molecule has 2 heterocycles. The second-order valence-corrected chi connectivity index (χ2v) is 7.28. The van der Waals surface area contributed by atoms with Gasteiger partial charge < -0.3 is 16.0 Å². The number of carbonyl (C=O) groups is 1. The van der Waals surface area contributed by atoms with Gasteiger partial charge in [-0.1, -0.05) is 6.07 Å². The van der Waals surface area contributed by atoms with E-state index in [-0.39, 0.29) is 35.9 Å². The molecule has 0 radical (unpaired) electrons. The van der Waals surface area contributed by atoms with Gasteiger partial charge in [0.25, 0.3) is 5.91 Å². The van der Waals surface area contributed by atoms with Crippen LogP contribution in [-0.4, -0.2) is 68.3 Å². The Labute approximate surface area is 184 Å². The molecule has 3 N–H and O–H groups in total. The highest BCUT2D eigenvalue weighted by atomic mass is 127. The lowest BCUT2D eigenvalue weighted by Gasteiger charge is -2.19. The summed E-state index contributed by atoms with van der Waals surface area (Å²) < 4.78 is 37.4. The van der Waals surface area contributed by atoms with Crippen molar-refractivity contribution in [3.63, 3.8) is 0 Å². The third-order valence-electron chi connectivity index (χ3n) is 4.00. The fourth-order valence-corrected chi connectivity index (χ4v) is 3.47. The second-order valence-electron chi connectivity index (χ2n) is 6.33. The van der Waals surface area contributed by atoms with E-state index in [4.69, 9.17) is 0 Å². The van der Waals surface area contributed by atoms with Crippen molar-refractivity contribution in [2.24, 2.45) is 4.99 Å². The Morgan fingerprint density at radius 1 is 1.39 bits per heavy atom. The average molecular weight is 533 g/mol. The van der Waals surface area contributed by atoms with Gasteiger partial charge in [-0.3, -0.25) is 14.7 Å². The van der Waals surface area contributed by atoms with Crippen LogP contribution in [0.1, 0.15) is 29.4 Å². The van der Waals surface area contributed by atoms with E-state index in [1.807, 2.05) is 18.4 Å². The fraction of sp³-hybridized carbons (Fsp3) is 0.647. The number of nitrogens with zero attached hydrogens (tertiary/aromatic N) is 2. The molecule has 1 fully saturated rings. The van der Waals surface area contributed by atoms with Gasteiger partial charge in [-0.05, 0) is 31.2 Å². The van der Waals surface area contributed by atoms with E-state index in [0.29, 0.717) is 56.4 Å². The molecule has 1 unspecified atom stereocenters. The van der Waals surface area contributed by atoms with Gasteiger partial charge in [0, 0.05) is 38.8 Å². The van der Waals surface area contributed by atoms with Gasteiger partial charge in [0.1, 0.15) is 0 Å². The Balaban J connectivity index is 0.00000392. The molecule has 11 heteroatoms. The third-order valence-corrected chi connectivity index (χ3v) is 4.86. The summed E-state index contributed by atoms with van der Waals surface area (Å²) in [5.74, 6) is 0.510. The van der Waals surface area contributed by atoms with E-state index in [9.17, 15) is 18.0 Å². The average Bonchev–Trinajstić information content (AvgIpc) is 3.25. The minimum atomic E-state index is -4.17. The van der Waals surface area contributed by atoms with Gasteiger partial charge in [0.2, 0.25) is 0 Å². The van der Waals surface area contributed by atoms with Crippen molar-refractivity contribution >= 4 is 47.2 Å². The molecule has 1 amide bonds. The zero-order chi connectivity index (χ0) is 19.7. The number of carbonyl (C=O) groups excluding carboxylic acids is 1. The molecule has 0 aromatic carbocycles. The molecule has 1 aliphatic heterocycles. The van der Waals surface area contributed by atoms with E-state index in [2.05, 4.69) is 20.9 Å². The summed E-state index contributed by atoms with van der Waals surface area (Å²) >= 11 is 1.39. The first-order valence-corrected chi connectivity index (χ1v) is 9.91. The van der Waals surface area contributed by atoms with E-state index in [1.54, 1.807) is 6.07 Å². The normalized spacial score (nSPS) is 17.9. The predicted molar refractivity (Wildman–Crippen MR) is 117 cm³/mol. The number of thiophene rings is 1. The van der Waals surface area contributed by atoms with Crippen LogP contribution < -0.4 is 16.0 Å². The maximum absolute atomic E-state index is 12.5. The molecule has 0 spiro atoms. The molecule has 28 heavy (non-hydrogen) atoms. The lowest BCUT2D eigenvalue weighted by atomic mass is 10.3. The van der Waals surface area contributed by atoms with Crippen molar-refractivity contribution in [2.75, 3.05) is 39.3 Å². The van der Waals surface area contributed by atoms with Crippen molar-refractivity contribution < 1.29 is 18.0 Å². The lowest BCUT2D eigenvalue weighted by Crippen LogP contribution is -2.45. The van der Waals surface area contributed by atoms with Crippen LogP contribution in [0.5, 0.6) is 0 Å². The zero-order valence-corrected chi connectivity index (χ0v) is 18.9. The highest BCUT2D eigenvalue weighted by Gasteiger charge is 2.34. The van der Waals surface area contributed by atoms with Gasteiger partial charge in [-0.25, -0.2) is 0 Å². The summed E-state index contributed by atoms with van der Waals surface area (Å²) in [6.45, 7) is 3.53. The first-order valence-electron chi connectivity index (χ1n) is 9.03. The quantitative estimate of drug-likeness (QED) is 0.208. The Bertz CT molecular complexity index is 612. The van der Waals surface area contributed by atoms with E-state index < -0.39 is 12.7 Å². The number of amides is 1. The number of aliphatic imine (C=N–C) groups is 1. The van der Waals surface area contributed by atoms with Crippen molar-refractivity contribution in [1.82, 2.24) is 20.9 Å². The maximum Gasteiger partial charge on any atom is 0.401 e. The monoisotopic (exact) mass is 533 g/mol.